The van der Waals surface area contributed by atoms with Gasteiger partial charge in [0.15, 0.2) is 0 Å². The summed E-state index contributed by atoms with van der Waals surface area (Å²) in [5.74, 6) is -1.11. The number of aliphatic hydroxyl groups is 1. The van der Waals surface area contributed by atoms with Crippen LogP contribution in [0.1, 0.15) is 25.8 Å². The zero-order valence-electron chi connectivity index (χ0n) is 11.5. The van der Waals surface area contributed by atoms with E-state index in [1.807, 2.05) is 18.2 Å². The molecule has 1 aromatic carbocycles. The molecule has 0 aliphatic rings. The minimum atomic E-state index is -1.36. The summed E-state index contributed by atoms with van der Waals surface area (Å²) in [6.45, 7) is 2.94. The molecule has 0 heterocycles. The molecule has 0 unspecified atom stereocenters. The van der Waals surface area contributed by atoms with Crippen molar-refractivity contribution in [3.63, 3.8) is 0 Å². The van der Waals surface area contributed by atoms with Gasteiger partial charge in [-0.3, -0.25) is 4.79 Å². The summed E-state index contributed by atoms with van der Waals surface area (Å²) in [5.41, 5.74) is -0.537. The van der Waals surface area contributed by atoms with Crippen LogP contribution in [0.15, 0.2) is 30.3 Å². The van der Waals surface area contributed by atoms with Crippen molar-refractivity contribution >= 4 is 12.1 Å². The van der Waals surface area contributed by atoms with E-state index in [0.717, 1.165) is 5.56 Å². The lowest BCUT2D eigenvalue weighted by Crippen LogP contribution is -2.50. The molecular formula is C14H19NO5. The van der Waals surface area contributed by atoms with Crippen molar-refractivity contribution < 1.29 is 24.5 Å². The number of carbonyl (C=O) groups is 2. The molecular weight excluding hydrogens is 262 g/mol. The van der Waals surface area contributed by atoms with E-state index in [1.54, 1.807) is 12.1 Å². The molecule has 0 saturated carbocycles. The van der Waals surface area contributed by atoms with Gasteiger partial charge in [-0.2, -0.15) is 0 Å². The number of amides is 1. The number of ether oxygens (including phenoxy) is 1. The highest BCUT2D eigenvalue weighted by Gasteiger charge is 2.30. The fourth-order valence-corrected chi connectivity index (χ4v) is 1.56. The lowest BCUT2D eigenvalue weighted by molar-refractivity contribution is -0.139. The number of nitrogens with one attached hydrogen (secondary N) is 1. The maximum absolute atomic E-state index is 11.6. The molecule has 0 spiro atoms. The highest BCUT2D eigenvalue weighted by Crippen LogP contribution is 2.12. The highest BCUT2D eigenvalue weighted by atomic mass is 16.5. The minimum absolute atomic E-state index is 0.0817. The molecule has 20 heavy (non-hydrogen) atoms. The normalized spacial score (nSPS) is 12.6. The first-order chi connectivity index (χ1) is 9.29. The maximum Gasteiger partial charge on any atom is 0.407 e. The number of benzene rings is 1. The van der Waals surface area contributed by atoms with E-state index in [9.17, 15) is 14.7 Å². The number of alkyl carbamates (subject to hydrolysis) is 1. The van der Waals surface area contributed by atoms with Crippen molar-refractivity contribution in [2.45, 2.75) is 38.5 Å². The zero-order valence-corrected chi connectivity index (χ0v) is 11.5. The van der Waals surface area contributed by atoms with E-state index in [4.69, 9.17) is 9.84 Å². The third-order valence-corrected chi connectivity index (χ3v) is 2.74. The lowest BCUT2D eigenvalue weighted by Gasteiger charge is -2.28. The highest BCUT2D eigenvalue weighted by molar-refractivity contribution is 5.71. The Hall–Kier alpha value is -2.08. The minimum Gasteiger partial charge on any atom is -0.481 e. The molecule has 1 aromatic rings. The van der Waals surface area contributed by atoms with Crippen LogP contribution in [-0.4, -0.2) is 33.9 Å². The van der Waals surface area contributed by atoms with Crippen LogP contribution in [0.5, 0.6) is 0 Å². The predicted octanol–water partition coefficient (Wildman–Crippen LogP) is 1.53. The van der Waals surface area contributed by atoms with Crippen LogP contribution >= 0.6 is 0 Å². The summed E-state index contributed by atoms with van der Waals surface area (Å²) >= 11 is 0. The second kappa shape index (κ2) is 6.91. The van der Waals surface area contributed by atoms with Crippen molar-refractivity contribution in [2.75, 3.05) is 0 Å². The zero-order chi connectivity index (χ0) is 15.2. The molecule has 1 amide bonds. The Bertz CT molecular complexity index is 452. The Balaban J connectivity index is 2.52. The van der Waals surface area contributed by atoms with Gasteiger partial charge >= 0.3 is 12.1 Å². The fourth-order valence-electron chi connectivity index (χ4n) is 1.56. The predicted molar refractivity (Wildman–Crippen MR) is 72.1 cm³/mol. The maximum atomic E-state index is 11.6. The van der Waals surface area contributed by atoms with Gasteiger partial charge in [-0.1, -0.05) is 30.3 Å². The van der Waals surface area contributed by atoms with Crippen LogP contribution in [0.4, 0.5) is 4.79 Å². The summed E-state index contributed by atoms with van der Waals surface area (Å²) in [5, 5.41) is 21.0. The number of carbonyl (C=O) groups excluding carboxylic acids is 1. The molecule has 110 valence electrons. The van der Waals surface area contributed by atoms with E-state index in [-0.39, 0.29) is 13.0 Å². The molecule has 1 rings (SSSR count). The Labute approximate surface area is 117 Å². The third-order valence-electron chi connectivity index (χ3n) is 2.74. The number of rotatable bonds is 6. The van der Waals surface area contributed by atoms with Crippen LogP contribution in [0.2, 0.25) is 0 Å². The van der Waals surface area contributed by atoms with Gasteiger partial charge in [-0.05, 0) is 19.4 Å². The number of hydrogen-bond donors (Lipinski definition) is 3. The van der Waals surface area contributed by atoms with Crippen molar-refractivity contribution in [2.24, 2.45) is 0 Å². The molecule has 0 bridgehead atoms. The Morgan fingerprint density at radius 2 is 1.90 bits per heavy atom. The van der Waals surface area contributed by atoms with Crippen LogP contribution in [0.3, 0.4) is 0 Å². The molecule has 0 aliphatic carbocycles. The Kier molecular flexibility index (Phi) is 5.52. The SMILES string of the molecule is CC(C)(O)[C@H](CC(=O)O)NC(=O)OCc1ccccc1. The topological polar surface area (TPSA) is 95.9 Å². The van der Waals surface area contributed by atoms with Gasteiger partial charge in [0, 0.05) is 0 Å². The van der Waals surface area contributed by atoms with E-state index >= 15 is 0 Å². The van der Waals surface area contributed by atoms with Crippen LogP contribution in [-0.2, 0) is 16.1 Å². The van der Waals surface area contributed by atoms with E-state index in [2.05, 4.69) is 5.32 Å². The van der Waals surface area contributed by atoms with Gasteiger partial charge < -0.3 is 20.3 Å². The first kappa shape index (κ1) is 16.0. The van der Waals surface area contributed by atoms with Gasteiger partial charge in [-0.25, -0.2) is 4.79 Å². The van der Waals surface area contributed by atoms with E-state index in [0.29, 0.717) is 0 Å². The molecule has 6 heteroatoms. The summed E-state index contributed by atoms with van der Waals surface area (Å²) in [7, 11) is 0. The number of aliphatic carboxylic acids is 1. The molecule has 1 atom stereocenters. The Morgan fingerprint density at radius 1 is 1.30 bits per heavy atom. The summed E-state index contributed by atoms with van der Waals surface area (Å²) in [6.07, 6.45) is -1.15. The lowest BCUT2D eigenvalue weighted by atomic mass is 9.96. The molecule has 6 nitrogen and oxygen atoms in total. The molecule has 0 aromatic heterocycles. The van der Waals surface area contributed by atoms with Crippen LogP contribution < -0.4 is 5.32 Å². The van der Waals surface area contributed by atoms with Crippen LogP contribution in [0, 0.1) is 0 Å². The van der Waals surface area contributed by atoms with Crippen molar-refractivity contribution in [3.05, 3.63) is 35.9 Å². The van der Waals surface area contributed by atoms with E-state index < -0.39 is 23.7 Å². The molecule has 0 radical (unpaired) electrons. The second-order valence-electron chi connectivity index (χ2n) is 5.01. The number of hydrogen-bond acceptors (Lipinski definition) is 4. The van der Waals surface area contributed by atoms with Crippen LogP contribution in [0.25, 0.3) is 0 Å². The average Bonchev–Trinajstić information content (AvgIpc) is 2.35. The van der Waals surface area contributed by atoms with Gasteiger partial charge in [-0.15, -0.1) is 0 Å². The number of carboxylic acid groups (broad SMARTS) is 1. The average molecular weight is 281 g/mol. The third kappa shape index (κ3) is 5.71. The molecule has 0 saturated heterocycles. The first-order valence-corrected chi connectivity index (χ1v) is 6.20. The van der Waals surface area contributed by atoms with Crippen molar-refractivity contribution in [1.29, 1.82) is 0 Å². The summed E-state index contributed by atoms with van der Waals surface area (Å²) in [4.78, 5) is 22.3. The molecule has 3 N–H and O–H groups in total. The molecule has 0 fully saturated rings. The quantitative estimate of drug-likeness (QED) is 0.735. The largest absolute Gasteiger partial charge is 0.481 e. The van der Waals surface area contributed by atoms with Gasteiger partial charge in [0.25, 0.3) is 0 Å². The smallest absolute Gasteiger partial charge is 0.407 e. The molecule has 0 aliphatic heterocycles. The second-order valence-corrected chi connectivity index (χ2v) is 5.01. The van der Waals surface area contributed by atoms with E-state index in [1.165, 1.54) is 13.8 Å². The van der Waals surface area contributed by atoms with Gasteiger partial charge in [0.1, 0.15) is 6.61 Å². The van der Waals surface area contributed by atoms with Gasteiger partial charge in [0.05, 0.1) is 18.1 Å². The summed E-state index contributed by atoms with van der Waals surface area (Å²) < 4.78 is 4.98. The standard InChI is InChI=1S/C14H19NO5/c1-14(2,19)11(8-12(16)17)15-13(18)20-9-10-6-4-3-5-7-10/h3-7,11,19H,8-9H2,1-2H3,(H,15,18)(H,16,17)/t11-/m0/s1. The van der Waals surface area contributed by atoms with Crippen molar-refractivity contribution in [3.8, 4) is 0 Å². The Morgan fingerprint density at radius 3 is 2.40 bits per heavy atom. The monoisotopic (exact) mass is 281 g/mol. The fraction of sp³-hybridized carbons (Fsp3) is 0.429. The number of carboxylic acids is 1. The summed E-state index contributed by atoms with van der Waals surface area (Å²) in [6, 6.07) is 8.17. The van der Waals surface area contributed by atoms with Crippen molar-refractivity contribution in [1.82, 2.24) is 5.32 Å². The first-order valence-electron chi connectivity index (χ1n) is 6.20. The van der Waals surface area contributed by atoms with Gasteiger partial charge in [0.2, 0.25) is 0 Å².